The van der Waals surface area contributed by atoms with Gasteiger partial charge in [-0.1, -0.05) is 29.8 Å². The summed E-state index contributed by atoms with van der Waals surface area (Å²) in [6, 6.07) is 9.04. The van der Waals surface area contributed by atoms with Crippen LogP contribution in [0.5, 0.6) is 0 Å². The van der Waals surface area contributed by atoms with E-state index in [1.54, 1.807) is 0 Å². The first-order valence-electron chi connectivity index (χ1n) is 11.3. The zero-order valence-electron chi connectivity index (χ0n) is 19.7. The topological polar surface area (TPSA) is 90.3 Å². The van der Waals surface area contributed by atoms with Gasteiger partial charge in [-0.15, -0.1) is 0 Å². The average molecular weight is 528 g/mol. The van der Waals surface area contributed by atoms with E-state index < -0.39 is 24.3 Å². The van der Waals surface area contributed by atoms with Crippen molar-refractivity contribution in [1.29, 1.82) is 0 Å². The summed E-state index contributed by atoms with van der Waals surface area (Å²) < 4.78 is 69.0. The van der Waals surface area contributed by atoms with Gasteiger partial charge in [0.2, 0.25) is 0 Å². The molecule has 3 saturated heterocycles. The second kappa shape index (κ2) is 12.7. The number of likely N-dealkylation sites (tertiary alicyclic amines) is 2. The Bertz CT molecular complexity index is 818. The number of hydrogen-bond donors (Lipinski definition) is 2. The van der Waals surface area contributed by atoms with E-state index in [-0.39, 0.29) is 0 Å². The van der Waals surface area contributed by atoms with Gasteiger partial charge in [-0.05, 0) is 36.7 Å². The molecule has 0 radical (unpaired) electrons. The summed E-state index contributed by atoms with van der Waals surface area (Å²) in [6.45, 7) is 11.7. The van der Waals surface area contributed by atoms with Gasteiger partial charge in [0.25, 0.3) is 0 Å². The smallest absolute Gasteiger partial charge is 0.475 e. The van der Waals surface area contributed by atoms with Crippen LogP contribution in [-0.2, 0) is 20.9 Å². The lowest BCUT2D eigenvalue weighted by Gasteiger charge is -2.23. The number of halogens is 6. The predicted octanol–water partition coefficient (Wildman–Crippen LogP) is 3.66. The van der Waals surface area contributed by atoms with Gasteiger partial charge in [-0.25, -0.2) is 9.59 Å². The van der Waals surface area contributed by atoms with Crippen LogP contribution in [-0.4, -0.2) is 90.2 Å². The highest BCUT2D eigenvalue weighted by Gasteiger charge is 2.40. The Labute approximate surface area is 204 Å². The molecule has 1 aromatic rings. The van der Waals surface area contributed by atoms with Crippen molar-refractivity contribution in [2.75, 3.05) is 45.9 Å². The van der Waals surface area contributed by atoms with E-state index in [1.165, 1.54) is 50.3 Å². The molecule has 4 rings (SSSR count). The van der Waals surface area contributed by atoms with Gasteiger partial charge in [-0.2, -0.15) is 26.3 Å². The van der Waals surface area contributed by atoms with E-state index in [0.29, 0.717) is 0 Å². The van der Waals surface area contributed by atoms with Crippen molar-refractivity contribution >= 4 is 11.9 Å². The van der Waals surface area contributed by atoms with Crippen LogP contribution in [0.2, 0.25) is 0 Å². The molecule has 0 bridgehead atoms. The third-order valence-corrected chi connectivity index (χ3v) is 6.19. The van der Waals surface area contributed by atoms with E-state index in [9.17, 15) is 26.3 Å². The lowest BCUT2D eigenvalue weighted by Crippen LogP contribution is -2.32. The fourth-order valence-corrected chi connectivity index (χ4v) is 4.51. The minimum absolute atomic E-state index is 0.794. The van der Waals surface area contributed by atoms with Crippen molar-refractivity contribution in [1.82, 2.24) is 9.80 Å². The van der Waals surface area contributed by atoms with Gasteiger partial charge in [-0.3, -0.25) is 4.90 Å². The Kier molecular flexibility index (Phi) is 10.6. The normalized spacial score (nSPS) is 24.4. The van der Waals surface area contributed by atoms with E-state index >= 15 is 0 Å². The van der Waals surface area contributed by atoms with E-state index in [4.69, 9.17) is 24.5 Å². The van der Waals surface area contributed by atoms with E-state index in [0.717, 1.165) is 37.5 Å². The number of hydrogen-bond acceptors (Lipinski definition) is 5. The highest BCUT2D eigenvalue weighted by Crippen LogP contribution is 2.32. The van der Waals surface area contributed by atoms with Crippen LogP contribution in [0.15, 0.2) is 24.3 Å². The summed E-state index contributed by atoms with van der Waals surface area (Å²) in [5.41, 5.74) is 2.82. The van der Waals surface area contributed by atoms with Gasteiger partial charge in [0.05, 0.1) is 6.61 Å². The van der Waals surface area contributed by atoms with Crippen molar-refractivity contribution < 1.29 is 50.9 Å². The standard InChI is InChI=1S/C19H28N2O.2C2HF3O2/c1-15-2-4-16(5-3-15)8-20-10-18-12-21(13-19(18)11-20)9-17-6-7-22-14-17;2*3-2(4,5)1(6)7/h2-5,17-19H,6-14H2,1H3;2*(H,6,7)/t17?,18-,19+;;. The Morgan fingerprint density at radius 1 is 0.889 bits per heavy atom. The molecule has 3 atom stereocenters. The highest BCUT2D eigenvalue weighted by molar-refractivity contribution is 5.73. The van der Waals surface area contributed by atoms with Crippen molar-refractivity contribution in [3.05, 3.63) is 35.4 Å². The number of aryl methyl sites for hydroxylation is 1. The first-order chi connectivity index (χ1) is 16.6. The molecule has 3 heterocycles. The zero-order chi connectivity index (χ0) is 27.1. The van der Waals surface area contributed by atoms with Crippen LogP contribution in [0.3, 0.4) is 0 Å². The number of aliphatic carboxylic acids is 2. The molecule has 3 fully saturated rings. The van der Waals surface area contributed by atoms with Crippen LogP contribution in [0.25, 0.3) is 0 Å². The Morgan fingerprint density at radius 3 is 1.72 bits per heavy atom. The molecule has 1 unspecified atom stereocenters. The molecule has 0 aromatic heterocycles. The monoisotopic (exact) mass is 528 g/mol. The number of fused-ring (bicyclic) bond motifs is 1. The summed E-state index contributed by atoms with van der Waals surface area (Å²) in [5.74, 6) is -2.93. The van der Waals surface area contributed by atoms with Crippen molar-refractivity contribution in [2.24, 2.45) is 17.8 Å². The molecule has 2 N–H and O–H groups in total. The second-order valence-corrected chi connectivity index (χ2v) is 9.25. The third-order valence-electron chi connectivity index (χ3n) is 6.19. The molecule has 0 aliphatic carbocycles. The number of nitrogens with zero attached hydrogens (tertiary/aromatic N) is 2. The van der Waals surface area contributed by atoms with Crippen molar-refractivity contribution in [3.8, 4) is 0 Å². The minimum atomic E-state index is -5.08. The van der Waals surface area contributed by atoms with Crippen LogP contribution in [0.1, 0.15) is 17.5 Å². The van der Waals surface area contributed by atoms with E-state index in [2.05, 4.69) is 41.0 Å². The third kappa shape index (κ3) is 9.94. The molecule has 13 heteroatoms. The number of ether oxygens (including phenoxy) is 1. The maximum Gasteiger partial charge on any atom is 0.490 e. The first-order valence-corrected chi connectivity index (χ1v) is 11.3. The summed E-state index contributed by atoms with van der Waals surface area (Å²) in [7, 11) is 0. The molecule has 36 heavy (non-hydrogen) atoms. The van der Waals surface area contributed by atoms with Crippen molar-refractivity contribution in [3.63, 3.8) is 0 Å². The first kappa shape index (κ1) is 29.8. The van der Waals surface area contributed by atoms with Crippen LogP contribution < -0.4 is 0 Å². The molecule has 0 saturated carbocycles. The summed E-state index contributed by atoms with van der Waals surface area (Å²) in [4.78, 5) is 23.2. The van der Waals surface area contributed by atoms with Gasteiger partial charge in [0.15, 0.2) is 0 Å². The second-order valence-electron chi connectivity index (χ2n) is 9.25. The number of carboxylic acid groups (broad SMARTS) is 2. The predicted molar refractivity (Wildman–Crippen MR) is 116 cm³/mol. The van der Waals surface area contributed by atoms with E-state index in [1.807, 2.05) is 0 Å². The number of carboxylic acids is 2. The summed E-state index contributed by atoms with van der Waals surface area (Å²) in [5, 5.41) is 14.2. The minimum Gasteiger partial charge on any atom is -0.475 e. The zero-order valence-corrected chi connectivity index (χ0v) is 19.7. The lowest BCUT2D eigenvalue weighted by molar-refractivity contribution is -0.193. The van der Waals surface area contributed by atoms with Gasteiger partial charge in [0, 0.05) is 45.9 Å². The fourth-order valence-electron chi connectivity index (χ4n) is 4.51. The van der Waals surface area contributed by atoms with Crippen LogP contribution >= 0.6 is 0 Å². The molecule has 1 aromatic carbocycles. The lowest BCUT2D eigenvalue weighted by atomic mass is 10.0. The van der Waals surface area contributed by atoms with Crippen molar-refractivity contribution in [2.45, 2.75) is 32.2 Å². The molecule has 3 aliphatic heterocycles. The van der Waals surface area contributed by atoms with Crippen LogP contribution in [0, 0.1) is 24.7 Å². The average Bonchev–Trinajstić information content (AvgIpc) is 3.47. The number of benzene rings is 1. The summed E-state index contributed by atoms with van der Waals surface area (Å²) in [6.07, 6.45) is -8.90. The molecular weight excluding hydrogens is 498 g/mol. The molecule has 3 aliphatic rings. The maximum atomic E-state index is 10.6. The summed E-state index contributed by atoms with van der Waals surface area (Å²) >= 11 is 0. The Morgan fingerprint density at radius 2 is 1.33 bits per heavy atom. The number of rotatable bonds is 4. The Balaban J connectivity index is 0.000000271. The maximum absolute atomic E-state index is 10.6. The number of alkyl halides is 6. The SMILES string of the molecule is Cc1ccc(CN2C[C@@H]3CN(CC4CCOC4)C[C@@H]3C2)cc1.O=C(O)C(F)(F)F.O=C(O)C(F)(F)F. The highest BCUT2D eigenvalue weighted by atomic mass is 19.4. The molecule has 0 spiro atoms. The Hall–Kier alpha value is -2.38. The quantitative estimate of drug-likeness (QED) is 0.577. The van der Waals surface area contributed by atoms with Crippen LogP contribution in [0.4, 0.5) is 26.3 Å². The van der Waals surface area contributed by atoms with Gasteiger partial charge < -0.3 is 19.8 Å². The van der Waals surface area contributed by atoms with Gasteiger partial charge >= 0.3 is 24.3 Å². The van der Waals surface area contributed by atoms with Gasteiger partial charge in [0.1, 0.15) is 0 Å². The molecule has 0 amide bonds. The molecule has 7 nitrogen and oxygen atoms in total. The largest absolute Gasteiger partial charge is 0.490 e. The fraction of sp³-hybridized carbons (Fsp3) is 0.652. The number of carbonyl (C=O) groups is 2. The molecule has 204 valence electrons. The molecular formula is C23H30F6N2O5.